The SMILES string of the molecule is Nc1ccc(Cl)c(Nc2ncc(Br)cc2C(F)(F)F)c1. The van der Waals surface area contributed by atoms with Crippen molar-refractivity contribution in [3.8, 4) is 0 Å². The fourth-order valence-corrected chi connectivity index (χ4v) is 2.02. The number of nitrogens with one attached hydrogen (secondary N) is 1. The number of halogens is 5. The number of rotatable bonds is 2. The topological polar surface area (TPSA) is 50.9 Å². The standard InChI is InChI=1S/C12H8BrClF3N3/c13-6-3-8(12(15,16)17)11(19-5-6)20-10-4-7(18)1-2-9(10)14/h1-5H,18H2,(H,19,20). The van der Waals surface area contributed by atoms with Gasteiger partial charge in [0.25, 0.3) is 0 Å². The maximum Gasteiger partial charge on any atom is 0.420 e. The Bertz CT molecular complexity index is 646. The number of nitrogens with zero attached hydrogens (tertiary/aromatic N) is 1. The number of aromatic nitrogens is 1. The first kappa shape index (κ1) is 14.9. The molecule has 0 fully saturated rings. The van der Waals surface area contributed by atoms with E-state index in [1.165, 1.54) is 18.3 Å². The van der Waals surface area contributed by atoms with Crippen LogP contribution in [0, 0.1) is 0 Å². The van der Waals surface area contributed by atoms with E-state index in [1.807, 2.05) is 0 Å². The number of hydrogen-bond acceptors (Lipinski definition) is 3. The molecule has 1 heterocycles. The third-order valence-electron chi connectivity index (χ3n) is 2.40. The van der Waals surface area contributed by atoms with E-state index >= 15 is 0 Å². The molecule has 0 unspecified atom stereocenters. The molecule has 3 N–H and O–H groups in total. The molecule has 0 atom stereocenters. The van der Waals surface area contributed by atoms with E-state index in [0.717, 1.165) is 6.07 Å². The van der Waals surface area contributed by atoms with Gasteiger partial charge in [-0.15, -0.1) is 0 Å². The van der Waals surface area contributed by atoms with Crippen LogP contribution >= 0.6 is 27.5 Å². The van der Waals surface area contributed by atoms with Gasteiger partial charge in [-0.05, 0) is 40.2 Å². The minimum atomic E-state index is -4.54. The molecule has 0 saturated heterocycles. The molecule has 106 valence electrons. The molecular weight excluding hydrogens is 359 g/mol. The van der Waals surface area contributed by atoms with Gasteiger partial charge in [-0.3, -0.25) is 0 Å². The van der Waals surface area contributed by atoms with Crippen LogP contribution in [0.4, 0.5) is 30.4 Å². The molecule has 0 spiro atoms. The Kier molecular flexibility index (Phi) is 4.10. The molecule has 2 aromatic rings. The van der Waals surface area contributed by atoms with E-state index < -0.39 is 11.7 Å². The predicted molar refractivity (Wildman–Crippen MR) is 76.1 cm³/mol. The Hall–Kier alpha value is -1.47. The lowest BCUT2D eigenvalue weighted by Crippen LogP contribution is -2.10. The fraction of sp³-hybridized carbons (Fsp3) is 0.0833. The van der Waals surface area contributed by atoms with Crippen molar-refractivity contribution in [2.75, 3.05) is 11.1 Å². The molecule has 0 amide bonds. The number of hydrogen-bond donors (Lipinski definition) is 2. The van der Waals surface area contributed by atoms with Crippen molar-refractivity contribution in [1.29, 1.82) is 0 Å². The summed E-state index contributed by atoms with van der Waals surface area (Å²) < 4.78 is 39.1. The predicted octanol–water partition coefficient (Wildman–Crippen LogP) is 4.84. The number of pyridine rings is 1. The first-order valence-electron chi connectivity index (χ1n) is 5.32. The number of nitrogens with two attached hydrogens (primary N) is 1. The van der Waals surface area contributed by atoms with Crippen LogP contribution in [0.1, 0.15) is 5.56 Å². The third-order valence-corrected chi connectivity index (χ3v) is 3.17. The van der Waals surface area contributed by atoms with Crippen molar-refractivity contribution in [3.05, 3.63) is 45.5 Å². The van der Waals surface area contributed by atoms with E-state index in [1.54, 1.807) is 6.07 Å². The molecule has 2 rings (SSSR count). The maximum absolute atomic E-state index is 13.0. The van der Waals surface area contributed by atoms with Crippen LogP contribution in [-0.2, 0) is 6.18 Å². The minimum absolute atomic E-state index is 0.231. The second-order valence-electron chi connectivity index (χ2n) is 3.91. The number of nitrogen functional groups attached to an aromatic ring is 1. The van der Waals surface area contributed by atoms with Crippen molar-refractivity contribution in [1.82, 2.24) is 4.98 Å². The summed E-state index contributed by atoms with van der Waals surface area (Å²) in [5, 5.41) is 2.80. The number of alkyl halides is 3. The van der Waals surface area contributed by atoms with Gasteiger partial charge in [0.1, 0.15) is 5.82 Å². The normalized spacial score (nSPS) is 11.4. The van der Waals surface area contributed by atoms with Crippen molar-refractivity contribution >= 4 is 44.7 Å². The van der Waals surface area contributed by atoms with E-state index in [0.29, 0.717) is 5.69 Å². The average Bonchev–Trinajstić information content (AvgIpc) is 2.34. The average molecular weight is 367 g/mol. The minimum Gasteiger partial charge on any atom is -0.399 e. The van der Waals surface area contributed by atoms with Gasteiger partial charge in [0, 0.05) is 16.4 Å². The molecule has 0 aliphatic carbocycles. The molecule has 8 heteroatoms. The van der Waals surface area contributed by atoms with E-state index in [4.69, 9.17) is 17.3 Å². The lowest BCUT2D eigenvalue weighted by molar-refractivity contribution is -0.137. The zero-order valence-corrected chi connectivity index (χ0v) is 12.1. The Morgan fingerprint density at radius 2 is 1.95 bits per heavy atom. The zero-order chi connectivity index (χ0) is 14.9. The van der Waals surface area contributed by atoms with Crippen LogP contribution < -0.4 is 11.1 Å². The number of benzene rings is 1. The summed E-state index contributed by atoms with van der Waals surface area (Å²) in [6, 6.07) is 5.42. The molecule has 1 aromatic heterocycles. The van der Waals surface area contributed by atoms with Gasteiger partial charge in [-0.1, -0.05) is 11.6 Å². The first-order valence-corrected chi connectivity index (χ1v) is 6.49. The molecule has 20 heavy (non-hydrogen) atoms. The lowest BCUT2D eigenvalue weighted by atomic mass is 10.2. The van der Waals surface area contributed by atoms with E-state index in [9.17, 15) is 13.2 Å². The van der Waals surface area contributed by atoms with Gasteiger partial charge in [0.2, 0.25) is 0 Å². The van der Waals surface area contributed by atoms with Gasteiger partial charge in [-0.2, -0.15) is 13.2 Å². The van der Waals surface area contributed by atoms with Crippen LogP contribution in [0.5, 0.6) is 0 Å². The molecule has 3 nitrogen and oxygen atoms in total. The molecule has 1 aromatic carbocycles. The first-order chi connectivity index (χ1) is 9.27. The van der Waals surface area contributed by atoms with Crippen molar-refractivity contribution < 1.29 is 13.2 Å². The van der Waals surface area contributed by atoms with Crippen LogP contribution in [0.2, 0.25) is 5.02 Å². The summed E-state index contributed by atoms with van der Waals surface area (Å²) >= 11 is 8.87. The maximum atomic E-state index is 13.0. The van der Waals surface area contributed by atoms with E-state index in [-0.39, 0.29) is 21.0 Å². The molecular formula is C12H8BrClF3N3. The highest BCUT2D eigenvalue weighted by molar-refractivity contribution is 9.10. The van der Waals surface area contributed by atoms with Crippen LogP contribution in [0.15, 0.2) is 34.9 Å². The highest BCUT2D eigenvalue weighted by Crippen LogP contribution is 2.37. The molecule has 0 bridgehead atoms. The van der Waals surface area contributed by atoms with Crippen molar-refractivity contribution in [2.45, 2.75) is 6.18 Å². The summed E-state index contributed by atoms with van der Waals surface area (Å²) in [4.78, 5) is 3.73. The molecule has 0 aliphatic heterocycles. The summed E-state index contributed by atoms with van der Waals surface area (Å²) in [7, 11) is 0. The summed E-state index contributed by atoms with van der Waals surface area (Å²) in [5.41, 5.74) is 5.32. The zero-order valence-electron chi connectivity index (χ0n) is 9.80. The van der Waals surface area contributed by atoms with Crippen molar-refractivity contribution in [2.24, 2.45) is 0 Å². The monoisotopic (exact) mass is 365 g/mol. The lowest BCUT2D eigenvalue weighted by Gasteiger charge is -2.15. The number of anilines is 3. The summed E-state index contributed by atoms with van der Waals surface area (Å²) in [5.74, 6) is -0.340. The van der Waals surface area contributed by atoms with Gasteiger partial charge in [-0.25, -0.2) is 4.98 Å². The van der Waals surface area contributed by atoms with Crippen LogP contribution in [0.3, 0.4) is 0 Å². The van der Waals surface area contributed by atoms with E-state index in [2.05, 4.69) is 26.2 Å². The van der Waals surface area contributed by atoms with Gasteiger partial charge in [0.15, 0.2) is 0 Å². The second kappa shape index (κ2) is 5.49. The molecule has 0 saturated carbocycles. The Labute approximate surface area is 126 Å². The summed E-state index contributed by atoms with van der Waals surface area (Å²) in [6.45, 7) is 0. The van der Waals surface area contributed by atoms with Crippen LogP contribution in [0.25, 0.3) is 0 Å². The van der Waals surface area contributed by atoms with Crippen molar-refractivity contribution in [3.63, 3.8) is 0 Å². The smallest absolute Gasteiger partial charge is 0.399 e. The Balaban J connectivity index is 2.46. The Morgan fingerprint density at radius 3 is 2.60 bits per heavy atom. The van der Waals surface area contributed by atoms with Gasteiger partial charge >= 0.3 is 6.18 Å². The fourth-order valence-electron chi connectivity index (χ4n) is 1.52. The largest absolute Gasteiger partial charge is 0.420 e. The van der Waals surface area contributed by atoms with Crippen LogP contribution in [-0.4, -0.2) is 4.98 Å². The van der Waals surface area contributed by atoms with Gasteiger partial charge < -0.3 is 11.1 Å². The molecule has 0 radical (unpaired) electrons. The summed E-state index contributed by atoms with van der Waals surface area (Å²) in [6.07, 6.45) is -3.27. The molecule has 0 aliphatic rings. The third kappa shape index (κ3) is 3.34. The highest BCUT2D eigenvalue weighted by atomic mass is 79.9. The Morgan fingerprint density at radius 1 is 1.25 bits per heavy atom. The highest BCUT2D eigenvalue weighted by Gasteiger charge is 2.34. The second-order valence-corrected chi connectivity index (χ2v) is 5.23. The van der Waals surface area contributed by atoms with Gasteiger partial charge in [0.05, 0.1) is 16.3 Å². The quantitative estimate of drug-likeness (QED) is 0.748.